The Kier molecular flexibility index (Phi) is 3.75. The molecule has 2 atom stereocenters. The molecule has 4 heteroatoms. The second-order valence-corrected chi connectivity index (χ2v) is 4.64. The van der Waals surface area contributed by atoms with Gasteiger partial charge in [-0.2, -0.15) is 0 Å². The van der Waals surface area contributed by atoms with E-state index in [1.54, 1.807) is 13.0 Å². The molecule has 2 rings (SSSR count). The monoisotopic (exact) mass is 248 g/mol. The zero-order chi connectivity index (χ0) is 13.1. The number of carbonyl (C=O) groups excluding carboxylic acids is 1. The molecule has 0 amide bonds. The van der Waals surface area contributed by atoms with Gasteiger partial charge in [0.15, 0.2) is 0 Å². The van der Waals surface area contributed by atoms with E-state index >= 15 is 0 Å². The summed E-state index contributed by atoms with van der Waals surface area (Å²) in [5.74, 6) is 0.372. The first kappa shape index (κ1) is 12.7. The van der Waals surface area contributed by atoms with E-state index in [1.165, 1.54) is 12.8 Å². The van der Waals surface area contributed by atoms with E-state index in [0.29, 0.717) is 23.9 Å². The predicted molar refractivity (Wildman–Crippen MR) is 72.6 cm³/mol. The van der Waals surface area contributed by atoms with Gasteiger partial charge in [0.2, 0.25) is 0 Å². The maximum absolute atomic E-state index is 11.7. The minimum absolute atomic E-state index is 0.358. The minimum Gasteiger partial charge on any atom is -0.462 e. The van der Waals surface area contributed by atoms with Gasteiger partial charge in [-0.15, -0.1) is 0 Å². The largest absolute Gasteiger partial charge is 0.462 e. The topological polar surface area (TPSA) is 64.3 Å². The molecule has 0 heterocycles. The van der Waals surface area contributed by atoms with E-state index in [-0.39, 0.29) is 5.97 Å². The van der Waals surface area contributed by atoms with Crippen molar-refractivity contribution >= 4 is 17.3 Å². The third-order valence-corrected chi connectivity index (χ3v) is 3.39. The van der Waals surface area contributed by atoms with E-state index in [2.05, 4.69) is 12.2 Å². The molecule has 1 fully saturated rings. The maximum atomic E-state index is 11.7. The van der Waals surface area contributed by atoms with Crippen LogP contribution in [0.1, 0.15) is 37.0 Å². The number of hydrogen-bond donors (Lipinski definition) is 2. The Morgan fingerprint density at radius 3 is 2.89 bits per heavy atom. The normalized spacial score (nSPS) is 21.4. The molecule has 1 aliphatic carbocycles. The van der Waals surface area contributed by atoms with Crippen molar-refractivity contribution in [3.8, 4) is 0 Å². The van der Waals surface area contributed by atoms with Crippen molar-refractivity contribution in [2.45, 2.75) is 32.7 Å². The zero-order valence-corrected chi connectivity index (χ0v) is 10.9. The minimum atomic E-state index is -0.360. The van der Waals surface area contributed by atoms with Crippen LogP contribution >= 0.6 is 0 Å². The van der Waals surface area contributed by atoms with E-state index < -0.39 is 0 Å². The standard InChI is InChI=1S/C14H20N2O2/c1-3-9-8-12(9)16-11-7-5-6-10(13(11)15)14(17)18-4-2/h5-7,9,12,16H,3-4,8,15H2,1-2H3. The molecule has 0 spiro atoms. The number of hydrogen-bond acceptors (Lipinski definition) is 4. The van der Waals surface area contributed by atoms with Gasteiger partial charge < -0.3 is 15.8 Å². The number of benzene rings is 1. The van der Waals surface area contributed by atoms with Crippen LogP contribution in [0.25, 0.3) is 0 Å². The van der Waals surface area contributed by atoms with Gasteiger partial charge in [-0.05, 0) is 31.4 Å². The molecule has 0 aromatic heterocycles. The molecular formula is C14H20N2O2. The second kappa shape index (κ2) is 5.29. The number of carbonyl (C=O) groups is 1. The summed E-state index contributed by atoms with van der Waals surface area (Å²) < 4.78 is 4.98. The first-order chi connectivity index (χ1) is 8.67. The van der Waals surface area contributed by atoms with Gasteiger partial charge in [-0.3, -0.25) is 0 Å². The van der Waals surface area contributed by atoms with Gasteiger partial charge in [0.05, 0.1) is 23.5 Å². The molecule has 3 N–H and O–H groups in total. The Hall–Kier alpha value is -1.71. The van der Waals surface area contributed by atoms with E-state index in [4.69, 9.17) is 10.5 Å². The molecule has 4 nitrogen and oxygen atoms in total. The Balaban J connectivity index is 2.12. The Labute approximate surface area is 108 Å². The third kappa shape index (κ3) is 2.58. The van der Waals surface area contributed by atoms with Crippen LogP contribution in [0.2, 0.25) is 0 Å². The summed E-state index contributed by atoms with van der Waals surface area (Å²) in [7, 11) is 0. The second-order valence-electron chi connectivity index (χ2n) is 4.64. The zero-order valence-electron chi connectivity index (χ0n) is 10.9. The first-order valence-electron chi connectivity index (χ1n) is 6.49. The van der Waals surface area contributed by atoms with E-state index in [0.717, 1.165) is 11.6 Å². The lowest BCUT2D eigenvalue weighted by Gasteiger charge is -2.12. The summed E-state index contributed by atoms with van der Waals surface area (Å²) in [6, 6.07) is 5.93. The molecule has 0 bridgehead atoms. The number of ether oxygens (including phenoxy) is 1. The first-order valence-corrected chi connectivity index (χ1v) is 6.49. The van der Waals surface area contributed by atoms with Gasteiger partial charge in [-0.25, -0.2) is 4.79 Å². The lowest BCUT2D eigenvalue weighted by Crippen LogP contribution is -2.12. The number of nitrogens with two attached hydrogens (primary N) is 1. The lowest BCUT2D eigenvalue weighted by molar-refractivity contribution is 0.0527. The van der Waals surface area contributed by atoms with Gasteiger partial charge in [0.25, 0.3) is 0 Å². The van der Waals surface area contributed by atoms with Crippen molar-refractivity contribution in [3.05, 3.63) is 23.8 Å². The highest BCUT2D eigenvalue weighted by Crippen LogP contribution is 2.37. The highest BCUT2D eigenvalue weighted by Gasteiger charge is 2.35. The number of para-hydroxylation sites is 1. The average Bonchev–Trinajstić information content (AvgIpc) is 3.10. The van der Waals surface area contributed by atoms with Crippen molar-refractivity contribution in [1.29, 1.82) is 0 Å². The van der Waals surface area contributed by atoms with E-state index in [9.17, 15) is 4.79 Å². The van der Waals surface area contributed by atoms with Gasteiger partial charge in [0, 0.05) is 6.04 Å². The predicted octanol–water partition coefficient (Wildman–Crippen LogP) is 2.66. The summed E-state index contributed by atoms with van der Waals surface area (Å²) in [6.45, 7) is 4.33. The van der Waals surface area contributed by atoms with Crippen LogP contribution in [-0.2, 0) is 4.74 Å². The van der Waals surface area contributed by atoms with Crippen LogP contribution in [0, 0.1) is 5.92 Å². The lowest BCUT2D eigenvalue weighted by atomic mass is 10.1. The van der Waals surface area contributed by atoms with E-state index in [1.807, 2.05) is 12.1 Å². The SMILES string of the molecule is CCOC(=O)c1cccc(NC2CC2CC)c1N. The number of esters is 1. The van der Waals surface area contributed by atoms with Crippen LogP contribution in [0.3, 0.4) is 0 Å². The van der Waals surface area contributed by atoms with Crippen molar-refractivity contribution in [1.82, 2.24) is 0 Å². The summed E-state index contributed by atoms with van der Waals surface area (Å²) >= 11 is 0. The highest BCUT2D eigenvalue weighted by molar-refractivity contribution is 5.98. The fraction of sp³-hybridized carbons (Fsp3) is 0.500. The number of anilines is 2. The van der Waals surface area contributed by atoms with Crippen LogP contribution in [0.15, 0.2) is 18.2 Å². The molecule has 18 heavy (non-hydrogen) atoms. The molecule has 0 radical (unpaired) electrons. The average molecular weight is 248 g/mol. The summed E-state index contributed by atoms with van der Waals surface area (Å²) in [6.07, 6.45) is 2.36. The number of rotatable bonds is 5. The summed E-state index contributed by atoms with van der Waals surface area (Å²) in [4.78, 5) is 11.7. The quantitative estimate of drug-likeness (QED) is 0.621. The number of nitrogens with one attached hydrogen (secondary N) is 1. The molecule has 98 valence electrons. The van der Waals surface area contributed by atoms with Crippen LogP contribution in [-0.4, -0.2) is 18.6 Å². The van der Waals surface area contributed by atoms with Crippen molar-refractivity contribution < 1.29 is 9.53 Å². The van der Waals surface area contributed by atoms with Crippen molar-refractivity contribution in [3.63, 3.8) is 0 Å². The molecular weight excluding hydrogens is 228 g/mol. The highest BCUT2D eigenvalue weighted by atomic mass is 16.5. The summed E-state index contributed by atoms with van der Waals surface area (Å²) in [5, 5.41) is 3.39. The Morgan fingerprint density at radius 2 is 2.28 bits per heavy atom. The fourth-order valence-electron chi connectivity index (χ4n) is 2.15. The van der Waals surface area contributed by atoms with Gasteiger partial charge in [0.1, 0.15) is 0 Å². The fourth-order valence-corrected chi connectivity index (χ4v) is 2.15. The molecule has 1 aromatic carbocycles. The van der Waals surface area contributed by atoms with Crippen LogP contribution < -0.4 is 11.1 Å². The molecule has 0 saturated heterocycles. The summed E-state index contributed by atoms with van der Waals surface area (Å²) in [5.41, 5.74) is 7.77. The van der Waals surface area contributed by atoms with Crippen LogP contribution in [0.5, 0.6) is 0 Å². The van der Waals surface area contributed by atoms with Gasteiger partial charge in [-0.1, -0.05) is 19.4 Å². The van der Waals surface area contributed by atoms with Crippen molar-refractivity contribution in [2.24, 2.45) is 5.92 Å². The van der Waals surface area contributed by atoms with Gasteiger partial charge >= 0.3 is 5.97 Å². The molecule has 2 unspecified atom stereocenters. The smallest absolute Gasteiger partial charge is 0.340 e. The molecule has 1 aromatic rings. The molecule has 1 saturated carbocycles. The molecule has 0 aliphatic heterocycles. The maximum Gasteiger partial charge on any atom is 0.340 e. The third-order valence-electron chi connectivity index (χ3n) is 3.39. The Morgan fingerprint density at radius 1 is 1.50 bits per heavy atom. The van der Waals surface area contributed by atoms with Crippen LogP contribution in [0.4, 0.5) is 11.4 Å². The Bertz CT molecular complexity index is 445. The number of nitrogen functional groups attached to an aromatic ring is 1. The van der Waals surface area contributed by atoms with Crippen molar-refractivity contribution in [2.75, 3.05) is 17.7 Å². The molecule has 1 aliphatic rings.